The number of amides is 2. The fourth-order valence-electron chi connectivity index (χ4n) is 4.06. The SMILES string of the molecule is CN1CCC(N(C)C(=O)CCCOc2ccc3nc4c(cc3c2)CC(=O)N4)CC1. The summed E-state index contributed by atoms with van der Waals surface area (Å²) in [5.74, 6) is 1.59. The van der Waals surface area contributed by atoms with Gasteiger partial charge in [0.05, 0.1) is 18.5 Å². The van der Waals surface area contributed by atoms with E-state index in [-0.39, 0.29) is 11.8 Å². The molecule has 0 bridgehead atoms. The van der Waals surface area contributed by atoms with Gasteiger partial charge >= 0.3 is 0 Å². The number of hydrogen-bond acceptors (Lipinski definition) is 5. The number of aromatic nitrogens is 1. The van der Waals surface area contributed by atoms with Crippen LogP contribution in [0.15, 0.2) is 24.3 Å². The zero-order chi connectivity index (χ0) is 20.4. The smallest absolute Gasteiger partial charge is 0.230 e. The molecule has 29 heavy (non-hydrogen) atoms. The Morgan fingerprint density at radius 2 is 2.10 bits per heavy atom. The molecule has 0 atom stereocenters. The van der Waals surface area contributed by atoms with Crippen molar-refractivity contribution in [2.24, 2.45) is 0 Å². The van der Waals surface area contributed by atoms with Crippen molar-refractivity contribution in [1.29, 1.82) is 0 Å². The molecule has 0 aliphatic carbocycles. The number of carbonyl (C=O) groups is 2. The van der Waals surface area contributed by atoms with Crippen LogP contribution in [0.1, 0.15) is 31.2 Å². The Morgan fingerprint density at radius 1 is 1.31 bits per heavy atom. The van der Waals surface area contributed by atoms with E-state index in [9.17, 15) is 9.59 Å². The number of pyridine rings is 1. The van der Waals surface area contributed by atoms with Crippen LogP contribution in [0.25, 0.3) is 10.9 Å². The normalized spacial score (nSPS) is 17.2. The van der Waals surface area contributed by atoms with E-state index in [1.165, 1.54) is 0 Å². The van der Waals surface area contributed by atoms with E-state index in [1.807, 2.05) is 36.2 Å². The average molecular weight is 396 g/mol. The van der Waals surface area contributed by atoms with Crippen LogP contribution in [-0.4, -0.2) is 66.4 Å². The quantitative estimate of drug-likeness (QED) is 0.759. The minimum absolute atomic E-state index is 0.0193. The van der Waals surface area contributed by atoms with Crippen LogP contribution in [0.3, 0.4) is 0 Å². The highest BCUT2D eigenvalue weighted by Crippen LogP contribution is 2.27. The van der Waals surface area contributed by atoms with E-state index in [0.717, 1.165) is 48.1 Å². The highest BCUT2D eigenvalue weighted by atomic mass is 16.5. The molecule has 2 amide bonds. The summed E-state index contributed by atoms with van der Waals surface area (Å²) in [6.45, 7) is 2.60. The molecule has 154 valence electrons. The van der Waals surface area contributed by atoms with Crippen LogP contribution in [0.2, 0.25) is 0 Å². The second-order valence-corrected chi connectivity index (χ2v) is 8.07. The zero-order valence-electron chi connectivity index (χ0n) is 17.1. The minimum Gasteiger partial charge on any atom is -0.494 e. The molecule has 3 heterocycles. The molecule has 2 aromatic rings. The van der Waals surface area contributed by atoms with Gasteiger partial charge in [0.2, 0.25) is 11.8 Å². The number of nitrogens with one attached hydrogen (secondary N) is 1. The number of ether oxygens (including phenoxy) is 1. The van der Waals surface area contributed by atoms with Crippen molar-refractivity contribution in [2.75, 3.05) is 39.1 Å². The predicted molar refractivity (Wildman–Crippen MR) is 112 cm³/mol. The van der Waals surface area contributed by atoms with Gasteiger partial charge in [0, 0.05) is 30.5 Å². The van der Waals surface area contributed by atoms with Crippen LogP contribution in [0.4, 0.5) is 5.82 Å². The van der Waals surface area contributed by atoms with Gasteiger partial charge in [-0.05, 0) is 63.7 Å². The van der Waals surface area contributed by atoms with E-state index in [1.54, 1.807) is 0 Å². The first kappa shape index (κ1) is 19.6. The lowest BCUT2D eigenvalue weighted by Gasteiger charge is -2.35. The predicted octanol–water partition coefficient (Wildman–Crippen LogP) is 2.44. The maximum absolute atomic E-state index is 12.5. The lowest BCUT2D eigenvalue weighted by Crippen LogP contribution is -2.44. The third-order valence-corrected chi connectivity index (χ3v) is 5.91. The van der Waals surface area contributed by atoms with Gasteiger partial charge in [0.1, 0.15) is 11.6 Å². The Hall–Kier alpha value is -2.67. The maximum atomic E-state index is 12.5. The van der Waals surface area contributed by atoms with Crippen molar-refractivity contribution in [2.45, 2.75) is 38.1 Å². The number of carbonyl (C=O) groups excluding carboxylic acids is 2. The fourth-order valence-corrected chi connectivity index (χ4v) is 4.06. The third-order valence-electron chi connectivity index (χ3n) is 5.91. The maximum Gasteiger partial charge on any atom is 0.230 e. The molecule has 2 aliphatic heterocycles. The summed E-state index contributed by atoms with van der Waals surface area (Å²) in [5, 5.41) is 3.73. The van der Waals surface area contributed by atoms with Gasteiger partial charge in [-0.15, -0.1) is 0 Å². The number of hydrogen-bond donors (Lipinski definition) is 1. The molecule has 7 nitrogen and oxygen atoms in total. The van der Waals surface area contributed by atoms with Crippen molar-refractivity contribution in [3.05, 3.63) is 29.8 Å². The van der Waals surface area contributed by atoms with Crippen molar-refractivity contribution >= 4 is 28.5 Å². The van der Waals surface area contributed by atoms with Gasteiger partial charge in [-0.3, -0.25) is 9.59 Å². The van der Waals surface area contributed by atoms with Crippen LogP contribution >= 0.6 is 0 Å². The van der Waals surface area contributed by atoms with Crippen LogP contribution < -0.4 is 10.1 Å². The van der Waals surface area contributed by atoms with Crippen molar-refractivity contribution in [3.63, 3.8) is 0 Å². The molecule has 1 saturated heterocycles. The molecule has 2 aliphatic rings. The van der Waals surface area contributed by atoms with E-state index in [4.69, 9.17) is 4.74 Å². The fraction of sp³-hybridized carbons (Fsp3) is 0.500. The van der Waals surface area contributed by atoms with Gasteiger partial charge in [0.25, 0.3) is 0 Å². The number of rotatable bonds is 6. The Bertz CT molecular complexity index is 922. The second kappa shape index (κ2) is 8.37. The number of piperidine rings is 1. The molecular weight excluding hydrogens is 368 g/mol. The van der Waals surface area contributed by atoms with Gasteiger partial charge in [-0.2, -0.15) is 0 Å². The molecular formula is C22H28N4O3. The van der Waals surface area contributed by atoms with Crippen LogP contribution in [0.5, 0.6) is 5.75 Å². The minimum atomic E-state index is -0.0193. The lowest BCUT2D eigenvalue weighted by molar-refractivity contribution is -0.133. The molecule has 0 spiro atoms. The summed E-state index contributed by atoms with van der Waals surface area (Å²) in [5.41, 5.74) is 1.75. The van der Waals surface area contributed by atoms with E-state index >= 15 is 0 Å². The van der Waals surface area contributed by atoms with Gasteiger partial charge in [0.15, 0.2) is 0 Å². The van der Waals surface area contributed by atoms with Crippen molar-refractivity contribution in [1.82, 2.24) is 14.8 Å². The largest absolute Gasteiger partial charge is 0.494 e. The van der Waals surface area contributed by atoms with E-state index in [2.05, 4.69) is 22.2 Å². The first-order valence-corrected chi connectivity index (χ1v) is 10.3. The monoisotopic (exact) mass is 396 g/mol. The number of nitrogens with zero attached hydrogens (tertiary/aromatic N) is 3. The third kappa shape index (κ3) is 4.50. The number of likely N-dealkylation sites (tertiary alicyclic amines) is 1. The molecule has 0 radical (unpaired) electrons. The first-order chi connectivity index (χ1) is 14.0. The van der Waals surface area contributed by atoms with E-state index < -0.39 is 0 Å². The van der Waals surface area contributed by atoms with Gasteiger partial charge in [-0.1, -0.05) is 0 Å². The van der Waals surface area contributed by atoms with Crippen LogP contribution in [-0.2, 0) is 16.0 Å². The zero-order valence-corrected chi connectivity index (χ0v) is 17.1. The topological polar surface area (TPSA) is 74.8 Å². The Balaban J connectivity index is 1.27. The molecule has 7 heteroatoms. The average Bonchev–Trinajstić information content (AvgIpc) is 3.08. The summed E-state index contributed by atoms with van der Waals surface area (Å²) >= 11 is 0. The molecule has 1 N–H and O–H groups in total. The Morgan fingerprint density at radius 3 is 2.90 bits per heavy atom. The van der Waals surface area contributed by atoms with Gasteiger partial charge < -0.3 is 19.9 Å². The molecule has 1 aromatic heterocycles. The second-order valence-electron chi connectivity index (χ2n) is 8.07. The van der Waals surface area contributed by atoms with Crippen molar-refractivity contribution < 1.29 is 14.3 Å². The summed E-state index contributed by atoms with van der Waals surface area (Å²) in [6.07, 6.45) is 3.65. The summed E-state index contributed by atoms with van der Waals surface area (Å²) in [4.78, 5) is 32.7. The standard InChI is InChI=1S/C22H28N4O3/c1-25-9-7-17(8-10-25)26(2)21(28)4-3-11-29-18-5-6-19-15(13-18)12-16-14-20(27)24-22(16)23-19/h5-6,12-13,17H,3-4,7-11,14H2,1-2H3,(H,23,24,27). The summed E-state index contributed by atoms with van der Waals surface area (Å²) < 4.78 is 5.86. The number of fused-ring (bicyclic) bond motifs is 2. The number of anilines is 1. The Kier molecular flexibility index (Phi) is 5.67. The van der Waals surface area contributed by atoms with Crippen LogP contribution in [0, 0.1) is 0 Å². The van der Waals surface area contributed by atoms with Gasteiger partial charge in [-0.25, -0.2) is 4.98 Å². The first-order valence-electron chi connectivity index (χ1n) is 10.3. The summed E-state index contributed by atoms with van der Waals surface area (Å²) in [7, 11) is 4.05. The molecule has 1 fully saturated rings. The molecule has 4 rings (SSSR count). The Labute approximate surface area is 171 Å². The summed E-state index contributed by atoms with van der Waals surface area (Å²) in [6, 6.07) is 8.07. The molecule has 0 saturated carbocycles. The molecule has 0 unspecified atom stereocenters. The van der Waals surface area contributed by atoms with Crippen molar-refractivity contribution in [3.8, 4) is 5.75 Å². The molecule has 1 aromatic carbocycles. The van der Waals surface area contributed by atoms with E-state index in [0.29, 0.717) is 37.7 Å². The lowest BCUT2D eigenvalue weighted by atomic mass is 10.0. The highest BCUT2D eigenvalue weighted by Gasteiger charge is 2.23. The number of benzene rings is 1. The highest BCUT2D eigenvalue weighted by molar-refractivity contribution is 6.00.